The van der Waals surface area contributed by atoms with Gasteiger partial charge in [-0.05, 0) is 31.3 Å². The second kappa shape index (κ2) is 5.91. The number of carbonyl (C=O) groups is 1. The number of nitrogens with one attached hydrogen (secondary N) is 1. The van der Waals surface area contributed by atoms with Crippen molar-refractivity contribution in [3.05, 3.63) is 42.2 Å². The van der Waals surface area contributed by atoms with Crippen LogP contribution in [0.4, 0.5) is 0 Å². The highest BCUT2D eigenvalue weighted by molar-refractivity contribution is 6.05. The van der Waals surface area contributed by atoms with Crippen molar-refractivity contribution in [1.29, 1.82) is 0 Å². The zero-order valence-corrected chi connectivity index (χ0v) is 13.2. The van der Waals surface area contributed by atoms with Gasteiger partial charge < -0.3 is 10.1 Å². The summed E-state index contributed by atoms with van der Waals surface area (Å²) in [5, 5.41) is 5.14. The quantitative estimate of drug-likeness (QED) is 0.919. The molecule has 5 heteroatoms. The fourth-order valence-electron chi connectivity index (χ4n) is 3.77. The standard InChI is InChI=1S/C18H21N3O2/c1-21-14-8-13(9-15(21)11-23-10-14)20-18(22)17-16-5-3-2-4-12(16)6-7-19-17/h2-7,13-15H,8-11H2,1H3,(H,20,22). The number of carbonyl (C=O) groups excluding carboxylic acids is 1. The zero-order chi connectivity index (χ0) is 15.8. The Balaban J connectivity index is 1.54. The first-order chi connectivity index (χ1) is 11.2. The smallest absolute Gasteiger partial charge is 0.270 e. The van der Waals surface area contributed by atoms with Crippen LogP contribution in [0, 0.1) is 0 Å². The highest BCUT2D eigenvalue weighted by Crippen LogP contribution is 2.26. The molecule has 1 amide bonds. The van der Waals surface area contributed by atoms with Crippen LogP contribution >= 0.6 is 0 Å². The van der Waals surface area contributed by atoms with Crippen molar-refractivity contribution in [2.75, 3.05) is 20.3 Å². The lowest BCUT2D eigenvalue weighted by atomic mass is 9.90. The Bertz CT molecular complexity index is 714. The van der Waals surface area contributed by atoms with Gasteiger partial charge in [-0.3, -0.25) is 14.7 Å². The molecule has 0 spiro atoms. The Hall–Kier alpha value is -1.98. The van der Waals surface area contributed by atoms with Gasteiger partial charge in [-0.1, -0.05) is 24.3 Å². The molecule has 0 saturated carbocycles. The van der Waals surface area contributed by atoms with Crippen molar-refractivity contribution in [2.24, 2.45) is 0 Å². The van der Waals surface area contributed by atoms with E-state index in [0.717, 1.165) is 36.8 Å². The lowest BCUT2D eigenvalue weighted by Gasteiger charge is -2.46. The molecule has 1 N–H and O–H groups in total. The second-order valence-electron chi connectivity index (χ2n) is 6.53. The van der Waals surface area contributed by atoms with Crippen LogP contribution in [0.25, 0.3) is 10.8 Å². The molecule has 5 nitrogen and oxygen atoms in total. The Labute approximate surface area is 135 Å². The maximum atomic E-state index is 12.7. The van der Waals surface area contributed by atoms with Crippen LogP contribution in [0.1, 0.15) is 23.3 Å². The zero-order valence-electron chi connectivity index (χ0n) is 13.2. The van der Waals surface area contributed by atoms with E-state index in [9.17, 15) is 4.79 Å². The van der Waals surface area contributed by atoms with E-state index in [-0.39, 0.29) is 11.9 Å². The summed E-state index contributed by atoms with van der Waals surface area (Å²) in [4.78, 5) is 19.4. The Morgan fingerprint density at radius 2 is 1.96 bits per heavy atom. The van der Waals surface area contributed by atoms with Crippen LogP contribution in [0.3, 0.4) is 0 Å². The molecule has 1 aromatic heterocycles. The fraction of sp³-hybridized carbons (Fsp3) is 0.444. The first kappa shape index (κ1) is 14.6. The number of hydrogen-bond acceptors (Lipinski definition) is 4. The summed E-state index contributed by atoms with van der Waals surface area (Å²) >= 11 is 0. The number of amides is 1. The van der Waals surface area contributed by atoms with Crippen LogP contribution < -0.4 is 5.32 Å². The summed E-state index contributed by atoms with van der Waals surface area (Å²) in [6, 6.07) is 10.8. The fourth-order valence-corrected chi connectivity index (χ4v) is 3.77. The molecule has 1 aromatic carbocycles. The van der Waals surface area contributed by atoms with Crippen molar-refractivity contribution in [1.82, 2.24) is 15.2 Å². The molecular formula is C18H21N3O2. The minimum Gasteiger partial charge on any atom is -0.378 e. The predicted molar refractivity (Wildman–Crippen MR) is 88.4 cm³/mol. The molecule has 0 aliphatic carbocycles. The third kappa shape index (κ3) is 2.71. The Morgan fingerprint density at radius 3 is 2.74 bits per heavy atom. The molecule has 2 aliphatic heterocycles. The maximum absolute atomic E-state index is 12.7. The number of fused-ring (bicyclic) bond motifs is 3. The van der Waals surface area contributed by atoms with Gasteiger partial charge >= 0.3 is 0 Å². The van der Waals surface area contributed by atoms with Crippen molar-refractivity contribution < 1.29 is 9.53 Å². The van der Waals surface area contributed by atoms with Gasteiger partial charge in [-0.15, -0.1) is 0 Å². The van der Waals surface area contributed by atoms with Gasteiger partial charge in [-0.25, -0.2) is 0 Å². The van der Waals surface area contributed by atoms with E-state index in [1.54, 1.807) is 6.20 Å². The van der Waals surface area contributed by atoms with Crippen molar-refractivity contribution in [2.45, 2.75) is 31.0 Å². The molecule has 4 rings (SSSR count). The SMILES string of the molecule is CN1C2COCC1CC(NC(=O)c1nccc3ccccc13)C2. The van der Waals surface area contributed by atoms with E-state index >= 15 is 0 Å². The van der Waals surface area contributed by atoms with Crippen molar-refractivity contribution in [3.63, 3.8) is 0 Å². The Kier molecular flexibility index (Phi) is 3.75. The van der Waals surface area contributed by atoms with Crippen LogP contribution in [0.5, 0.6) is 0 Å². The third-order valence-electron chi connectivity index (χ3n) is 5.11. The molecule has 2 unspecified atom stereocenters. The molecule has 0 radical (unpaired) electrons. The average molecular weight is 311 g/mol. The molecular weight excluding hydrogens is 290 g/mol. The molecule has 23 heavy (non-hydrogen) atoms. The number of ether oxygens (including phenoxy) is 1. The highest BCUT2D eigenvalue weighted by atomic mass is 16.5. The first-order valence-electron chi connectivity index (χ1n) is 8.16. The van der Waals surface area contributed by atoms with Crippen molar-refractivity contribution >= 4 is 16.7 Å². The average Bonchev–Trinajstić information content (AvgIpc) is 2.55. The van der Waals surface area contributed by atoms with Crippen LogP contribution in [0.15, 0.2) is 36.5 Å². The van der Waals surface area contributed by atoms with E-state index in [0.29, 0.717) is 17.8 Å². The largest absolute Gasteiger partial charge is 0.378 e. The predicted octanol–water partition coefficient (Wildman–Crippen LogP) is 1.83. The van der Waals surface area contributed by atoms with E-state index in [2.05, 4.69) is 22.2 Å². The lowest BCUT2D eigenvalue weighted by molar-refractivity contribution is -0.0670. The van der Waals surface area contributed by atoms with Gasteiger partial charge in [0.25, 0.3) is 5.91 Å². The molecule has 120 valence electrons. The summed E-state index contributed by atoms with van der Waals surface area (Å²) in [5.74, 6) is -0.0738. The summed E-state index contributed by atoms with van der Waals surface area (Å²) in [6.45, 7) is 1.51. The van der Waals surface area contributed by atoms with Crippen molar-refractivity contribution in [3.8, 4) is 0 Å². The van der Waals surface area contributed by atoms with Crippen LogP contribution in [-0.4, -0.2) is 54.2 Å². The third-order valence-corrected chi connectivity index (χ3v) is 5.11. The lowest BCUT2D eigenvalue weighted by Crippen LogP contribution is -2.59. The van der Waals surface area contributed by atoms with E-state index in [1.807, 2.05) is 30.3 Å². The van der Waals surface area contributed by atoms with Gasteiger partial charge in [0.15, 0.2) is 0 Å². The molecule has 2 fully saturated rings. The molecule has 2 aromatic rings. The minimum atomic E-state index is -0.0738. The van der Waals surface area contributed by atoms with Crippen LogP contribution in [-0.2, 0) is 4.74 Å². The van der Waals surface area contributed by atoms with Gasteiger partial charge in [0.05, 0.1) is 13.2 Å². The number of morpholine rings is 1. The summed E-state index contributed by atoms with van der Waals surface area (Å²) in [6.07, 6.45) is 3.57. The highest BCUT2D eigenvalue weighted by Gasteiger charge is 2.37. The van der Waals surface area contributed by atoms with Gasteiger partial charge in [-0.2, -0.15) is 0 Å². The first-order valence-corrected chi connectivity index (χ1v) is 8.16. The Morgan fingerprint density at radius 1 is 1.22 bits per heavy atom. The molecule has 2 bridgehead atoms. The number of nitrogens with zero attached hydrogens (tertiary/aromatic N) is 2. The van der Waals surface area contributed by atoms with E-state index in [1.165, 1.54) is 0 Å². The summed E-state index contributed by atoms with van der Waals surface area (Å²) < 4.78 is 5.64. The van der Waals surface area contributed by atoms with Gasteiger partial charge in [0.1, 0.15) is 5.69 Å². The van der Waals surface area contributed by atoms with Gasteiger partial charge in [0, 0.05) is 29.7 Å². The second-order valence-corrected chi connectivity index (χ2v) is 6.53. The molecule has 3 heterocycles. The molecule has 2 aliphatic rings. The topological polar surface area (TPSA) is 54.5 Å². The maximum Gasteiger partial charge on any atom is 0.270 e. The molecule has 2 atom stereocenters. The van der Waals surface area contributed by atoms with Crippen LogP contribution in [0.2, 0.25) is 0 Å². The number of rotatable bonds is 2. The van der Waals surface area contributed by atoms with Gasteiger partial charge in [0.2, 0.25) is 0 Å². The number of likely N-dealkylation sites (N-methyl/N-ethyl adjacent to an activating group) is 1. The number of pyridine rings is 1. The number of hydrogen-bond donors (Lipinski definition) is 1. The number of benzene rings is 1. The van der Waals surface area contributed by atoms with E-state index < -0.39 is 0 Å². The monoisotopic (exact) mass is 311 g/mol. The minimum absolute atomic E-state index is 0.0738. The number of aromatic nitrogens is 1. The molecule has 2 saturated heterocycles. The summed E-state index contributed by atoms with van der Waals surface area (Å²) in [7, 11) is 2.15. The van der Waals surface area contributed by atoms with E-state index in [4.69, 9.17) is 4.74 Å². The number of piperidine rings is 1. The normalized spacial score (nSPS) is 27.8. The summed E-state index contributed by atoms with van der Waals surface area (Å²) in [5.41, 5.74) is 0.517.